The molecule has 1 aromatic rings. The summed E-state index contributed by atoms with van der Waals surface area (Å²) in [6.45, 7) is 0.962. The van der Waals surface area contributed by atoms with E-state index >= 15 is 0 Å². The van der Waals surface area contributed by atoms with Gasteiger partial charge in [0.1, 0.15) is 6.61 Å². The van der Waals surface area contributed by atoms with E-state index < -0.39 is 12.1 Å². The molecule has 0 radical (unpaired) electrons. The number of benzene rings is 1. The van der Waals surface area contributed by atoms with Crippen molar-refractivity contribution in [1.82, 2.24) is 15.5 Å². The van der Waals surface area contributed by atoms with Gasteiger partial charge in [-0.15, -0.1) is 0 Å². The second kappa shape index (κ2) is 7.19. The normalized spacial score (nSPS) is 24.8. The summed E-state index contributed by atoms with van der Waals surface area (Å²) in [5.41, 5.74) is 0.634. The Kier molecular flexibility index (Phi) is 5.01. The van der Waals surface area contributed by atoms with E-state index in [1.165, 1.54) is 0 Å². The monoisotopic (exact) mass is 351 g/mol. The molecule has 0 aromatic heterocycles. The molecule has 0 bridgehead atoms. The fraction of sp³-hybridized carbons (Fsp3) is 0.438. The molecular formula is C16H18ClN3O4. The van der Waals surface area contributed by atoms with Crippen LogP contribution in [0.15, 0.2) is 24.3 Å². The van der Waals surface area contributed by atoms with Gasteiger partial charge in [-0.05, 0) is 11.6 Å². The maximum atomic E-state index is 12.9. The Hall–Kier alpha value is -2.12. The van der Waals surface area contributed by atoms with Gasteiger partial charge in [0.15, 0.2) is 6.10 Å². The third-order valence-electron chi connectivity index (χ3n) is 4.12. The van der Waals surface area contributed by atoms with Crippen LogP contribution in [0.25, 0.3) is 0 Å². The number of carbonyl (C=O) groups excluding carboxylic acids is 3. The molecule has 128 valence electrons. The van der Waals surface area contributed by atoms with Crippen molar-refractivity contribution in [1.29, 1.82) is 0 Å². The minimum Gasteiger partial charge on any atom is -0.356 e. The lowest BCUT2D eigenvalue weighted by Crippen LogP contribution is -2.53. The highest BCUT2D eigenvalue weighted by Crippen LogP contribution is 2.29. The zero-order valence-electron chi connectivity index (χ0n) is 13.0. The van der Waals surface area contributed by atoms with Gasteiger partial charge >= 0.3 is 0 Å². The van der Waals surface area contributed by atoms with Crippen molar-refractivity contribution in [2.75, 3.05) is 26.2 Å². The van der Waals surface area contributed by atoms with E-state index in [0.717, 1.165) is 0 Å². The molecule has 3 rings (SSSR count). The number of carbonyl (C=O) groups is 3. The predicted molar refractivity (Wildman–Crippen MR) is 86.3 cm³/mol. The van der Waals surface area contributed by atoms with Crippen LogP contribution in [0.5, 0.6) is 0 Å². The van der Waals surface area contributed by atoms with E-state index in [1.54, 1.807) is 29.2 Å². The molecule has 2 aliphatic heterocycles. The van der Waals surface area contributed by atoms with Gasteiger partial charge in [-0.3, -0.25) is 14.4 Å². The van der Waals surface area contributed by atoms with Crippen molar-refractivity contribution in [2.24, 2.45) is 0 Å². The summed E-state index contributed by atoms with van der Waals surface area (Å²) in [4.78, 5) is 37.7. The van der Waals surface area contributed by atoms with Gasteiger partial charge in [0.25, 0.3) is 5.91 Å². The molecule has 3 amide bonds. The predicted octanol–water partition coefficient (Wildman–Crippen LogP) is 0.245. The number of rotatable bonds is 2. The quantitative estimate of drug-likeness (QED) is 0.799. The summed E-state index contributed by atoms with van der Waals surface area (Å²) < 4.78 is 5.53. The lowest BCUT2D eigenvalue weighted by molar-refractivity contribution is -0.155. The number of nitrogens with zero attached hydrogens (tertiary/aromatic N) is 1. The van der Waals surface area contributed by atoms with Gasteiger partial charge in [0.2, 0.25) is 11.8 Å². The molecule has 2 aliphatic rings. The Morgan fingerprint density at radius 3 is 2.79 bits per heavy atom. The number of hydrogen-bond acceptors (Lipinski definition) is 4. The summed E-state index contributed by atoms with van der Waals surface area (Å²) >= 11 is 6.22. The van der Waals surface area contributed by atoms with Crippen molar-refractivity contribution < 1.29 is 19.1 Å². The van der Waals surface area contributed by atoms with Crippen molar-refractivity contribution in [3.05, 3.63) is 34.9 Å². The van der Waals surface area contributed by atoms with Crippen LogP contribution in [0.1, 0.15) is 18.0 Å². The highest BCUT2D eigenvalue weighted by Gasteiger charge is 2.39. The minimum atomic E-state index is -0.865. The van der Waals surface area contributed by atoms with E-state index in [4.69, 9.17) is 16.3 Å². The molecule has 7 nitrogen and oxygen atoms in total. The lowest BCUT2D eigenvalue weighted by atomic mass is 9.98. The average molecular weight is 352 g/mol. The summed E-state index contributed by atoms with van der Waals surface area (Å²) in [5, 5.41) is 5.97. The Bertz CT molecular complexity index is 666. The first kappa shape index (κ1) is 16.7. The van der Waals surface area contributed by atoms with Gasteiger partial charge in [-0.25, -0.2) is 0 Å². The second-order valence-electron chi connectivity index (χ2n) is 5.72. The standard InChI is InChI=1S/C16H18ClN3O4/c17-11-4-2-1-3-10(11)14-15(24-9-13(22)19-14)16(23)20-7-5-12(21)18-6-8-20/h1-4,14-15H,5-9H2,(H,18,21)(H,19,22)/t14-,15+/m1/s1. The molecule has 2 fully saturated rings. The average Bonchev–Trinajstić information content (AvgIpc) is 2.79. The van der Waals surface area contributed by atoms with Crippen LogP contribution < -0.4 is 10.6 Å². The van der Waals surface area contributed by atoms with Gasteiger partial charge in [0, 0.05) is 31.1 Å². The van der Waals surface area contributed by atoms with Crippen LogP contribution in [0.2, 0.25) is 5.02 Å². The molecule has 2 heterocycles. The SMILES string of the molecule is O=C1CCN(C(=O)[C@H]2OCC(=O)N[C@@H]2c2ccccc2Cl)CCN1. The zero-order valence-corrected chi connectivity index (χ0v) is 13.7. The number of amides is 3. The van der Waals surface area contributed by atoms with Gasteiger partial charge in [0.05, 0.1) is 6.04 Å². The highest BCUT2D eigenvalue weighted by atomic mass is 35.5. The molecule has 0 spiro atoms. The largest absolute Gasteiger partial charge is 0.356 e. The van der Waals surface area contributed by atoms with E-state index in [-0.39, 0.29) is 30.7 Å². The summed E-state index contributed by atoms with van der Waals surface area (Å²) in [7, 11) is 0. The molecular weight excluding hydrogens is 334 g/mol. The van der Waals surface area contributed by atoms with Crippen LogP contribution in [-0.2, 0) is 19.1 Å². The third-order valence-corrected chi connectivity index (χ3v) is 4.47. The molecule has 0 saturated carbocycles. The molecule has 2 atom stereocenters. The van der Waals surface area contributed by atoms with Crippen LogP contribution in [0.3, 0.4) is 0 Å². The first-order valence-electron chi connectivity index (χ1n) is 7.77. The second-order valence-corrected chi connectivity index (χ2v) is 6.13. The summed E-state index contributed by atoms with van der Waals surface area (Å²) in [5.74, 6) is -0.626. The molecule has 0 unspecified atom stereocenters. The first-order valence-corrected chi connectivity index (χ1v) is 8.15. The van der Waals surface area contributed by atoms with Crippen LogP contribution in [0.4, 0.5) is 0 Å². The molecule has 24 heavy (non-hydrogen) atoms. The molecule has 1 aromatic carbocycles. The minimum absolute atomic E-state index is 0.0779. The van der Waals surface area contributed by atoms with Crippen LogP contribution in [0, 0.1) is 0 Å². The molecule has 0 aliphatic carbocycles. The van der Waals surface area contributed by atoms with Crippen molar-refractivity contribution in [2.45, 2.75) is 18.6 Å². The smallest absolute Gasteiger partial charge is 0.254 e. The number of nitrogens with one attached hydrogen (secondary N) is 2. The Labute approximate surface area is 144 Å². The van der Waals surface area contributed by atoms with E-state index in [9.17, 15) is 14.4 Å². The van der Waals surface area contributed by atoms with Crippen LogP contribution >= 0.6 is 11.6 Å². The maximum Gasteiger partial charge on any atom is 0.254 e. The Morgan fingerprint density at radius 2 is 2.00 bits per heavy atom. The Morgan fingerprint density at radius 1 is 1.21 bits per heavy atom. The highest BCUT2D eigenvalue weighted by molar-refractivity contribution is 6.31. The number of morpholine rings is 1. The van der Waals surface area contributed by atoms with Crippen LogP contribution in [-0.4, -0.2) is 55.0 Å². The summed E-state index contributed by atoms with van der Waals surface area (Å²) in [6.07, 6.45) is -0.613. The summed E-state index contributed by atoms with van der Waals surface area (Å²) in [6, 6.07) is 6.38. The fourth-order valence-corrected chi connectivity index (χ4v) is 3.16. The zero-order chi connectivity index (χ0) is 17.1. The number of ether oxygens (including phenoxy) is 1. The molecule has 2 saturated heterocycles. The van der Waals surface area contributed by atoms with Crippen molar-refractivity contribution >= 4 is 29.3 Å². The van der Waals surface area contributed by atoms with E-state index in [0.29, 0.717) is 30.2 Å². The Balaban J connectivity index is 1.83. The van der Waals surface area contributed by atoms with Gasteiger partial charge < -0.3 is 20.3 Å². The fourth-order valence-electron chi connectivity index (χ4n) is 2.90. The van der Waals surface area contributed by atoms with Crippen molar-refractivity contribution in [3.8, 4) is 0 Å². The van der Waals surface area contributed by atoms with Gasteiger partial charge in [-0.2, -0.15) is 0 Å². The first-order chi connectivity index (χ1) is 11.6. The molecule has 8 heteroatoms. The topological polar surface area (TPSA) is 87.7 Å². The third kappa shape index (κ3) is 3.52. The maximum absolute atomic E-state index is 12.9. The van der Waals surface area contributed by atoms with Crippen molar-refractivity contribution in [3.63, 3.8) is 0 Å². The molecule has 2 N–H and O–H groups in total. The lowest BCUT2D eigenvalue weighted by Gasteiger charge is -2.35. The number of halogens is 1. The number of hydrogen-bond donors (Lipinski definition) is 2. The van der Waals surface area contributed by atoms with E-state index in [1.807, 2.05) is 0 Å². The van der Waals surface area contributed by atoms with E-state index in [2.05, 4.69) is 10.6 Å². The van der Waals surface area contributed by atoms with Gasteiger partial charge in [-0.1, -0.05) is 29.8 Å².